The van der Waals surface area contributed by atoms with Crippen molar-refractivity contribution in [3.63, 3.8) is 0 Å². The summed E-state index contributed by atoms with van der Waals surface area (Å²) in [7, 11) is -3.43. The van der Waals surface area contributed by atoms with Crippen LogP contribution in [0.5, 0.6) is 0 Å². The third-order valence-corrected chi connectivity index (χ3v) is 4.00. The number of nitrogens with one attached hydrogen (secondary N) is 2. The number of rotatable bonds is 6. The van der Waals surface area contributed by atoms with Crippen molar-refractivity contribution in [2.24, 2.45) is 0 Å². The van der Waals surface area contributed by atoms with Gasteiger partial charge >= 0.3 is 0 Å². The Hall–Kier alpha value is -0.400. The van der Waals surface area contributed by atoms with Gasteiger partial charge in [0.05, 0.1) is 6.20 Å². The Bertz CT molecular complexity index is 377. The molecule has 0 spiro atoms. The highest BCUT2D eigenvalue weighted by Crippen LogP contribution is 2.08. The third kappa shape index (κ3) is 3.92. The third-order valence-electron chi connectivity index (χ3n) is 1.86. The predicted molar refractivity (Wildman–Crippen MR) is 61.4 cm³/mol. The van der Waals surface area contributed by atoms with Gasteiger partial charge in [-0.05, 0) is 12.5 Å². The molecule has 7 heteroatoms. The van der Waals surface area contributed by atoms with Crippen molar-refractivity contribution in [2.75, 3.05) is 6.54 Å². The number of H-pyrrole nitrogens is 1. The van der Waals surface area contributed by atoms with Crippen molar-refractivity contribution in [1.82, 2.24) is 14.9 Å². The average Bonchev–Trinajstić information content (AvgIpc) is 2.69. The molecule has 0 aliphatic heterocycles. The van der Waals surface area contributed by atoms with Crippen LogP contribution in [0, 0.1) is 0 Å². The van der Waals surface area contributed by atoms with Gasteiger partial charge in [-0.1, -0.05) is 29.3 Å². The first-order chi connectivity index (χ1) is 7.06. The highest BCUT2D eigenvalue weighted by molar-refractivity contribution is 9.09. The van der Waals surface area contributed by atoms with Crippen LogP contribution in [-0.4, -0.2) is 30.0 Å². The number of nitrogens with zero attached hydrogens (tertiary/aromatic N) is 1. The van der Waals surface area contributed by atoms with Gasteiger partial charge in [-0.25, -0.2) is 13.1 Å². The molecule has 1 heterocycles. The SMILES string of the molecule is CCCC(Br)CNS(=O)(=O)c1ccn[nH]1. The minimum Gasteiger partial charge on any atom is -0.266 e. The van der Waals surface area contributed by atoms with Gasteiger partial charge in [0.15, 0.2) is 5.03 Å². The Morgan fingerprint density at radius 3 is 2.93 bits per heavy atom. The Kier molecular flexibility index (Phi) is 4.75. The largest absolute Gasteiger partial charge is 0.266 e. The van der Waals surface area contributed by atoms with Crippen LogP contribution in [0.4, 0.5) is 0 Å². The summed E-state index contributed by atoms with van der Waals surface area (Å²) in [6, 6.07) is 1.42. The van der Waals surface area contributed by atoms with E-state index in [1.54, 1.807) is 0 Å². The zero-order chi connectivity index (χ0) is 11.3. The van der Waals surface area contributed by atoms with E-state index in [4.69, 9.17) is 0 Å². The molecule has 1 aromatic rings. The number of hydrogen-bond donors (Lipinski definition) is 2. The molecular formula is C8H14BrN3O2S. The molecule has 0 aliphatic rings. The molecule has 15 heavy (non-hydrogen) atoms. The smallest absolute Gasteiger partial charge is 0.257 e. The molecule has 0 radical (unpaired) electrons. The Morgan fingerprint density at radius 2 is 2.40 bits per heavy atom. The van der Waals surface area contributed by atoms with E-state index in [9.17, 15) is 8.42 Å². The second kappa shape index (κ2) is 5.62. The molecule has 0 amide bonds. The van der Waals surface area contributed by atoms with Crippen molar-refractivity contribution < 1.29 is 8.42 Å². The van der Waals surface area contributed by atoms with Crippen molar-refractivity contribution in [1.29, 1.82) is 0 Å². The summed E-state index contributed by atoms with van der Waals surface area (Å²) in [6.07, 6.45) is 3.36. The van der Waals surface area contributed by atoms with Crippen molar-refractivity contribution >= 4 is 26.0 Å². The molecule has 1 rings (SSSR count). The molecule has 0 fully saturated rings. The van der Waals surface area contributed by atoms with Crippen LogP contribution in [0.15, 0.2) is 17.3 Å². The lowest BCUT2D eigenvalue weighted by Crippen LogP contribution is -2.29. The Balaban J connectivity index is 2.52. The van der Waals surface area contributed by atoms with Crippen molar-refractivity contribution in [3.8, 4) is 0 Å². The normalized spacial score (nSPS) is 14.0. The van der Waals surface area contributed by atoms with Crippen molar-refractivity contribution in [2.45, 2.75) is 29.6 Å². The summed E-state index contributed by atoms with van der Waals surface area (Å²) in [6.45, 7) is 2.44. The number of aromatic nitrogens is 2. The van der Waals surface area contributed by atoms with E-state index in [0.29, 0.717) is 6.54 Å². The number of aromatic amines is 1. The van der Waals surface area contributed by atoms with Crippen LogP contribution in [0.1, 0.15) is 19.8 Å². The fraction of sp³-hybridized carbons (Fsp3) is 0.625. The highest BCUT2D eigenvalue weighted by Gasteiger charge is 2.16. The van der Waals surface area contributed by atoms with E-state index in [2.05, 4.69) is 37.8 Å². The van der Waals surface area contributed by atoms with Gasteiger partial charge in [0, 0.05) is 11.4 Å². The first-order valence-electron chi connectivity index (χ1n) is 4.69. The summed E-state index contributed by atoms with van der Waals surface area (Å²) in [4.78, 5) is 0.167. The molecule has 86 valence electrons. The Morgan fingerprint density at radius 1 is 1.67 bits per heavy atom. The summed E-state index contributed by atoms with van der Waals surface area (Å²) >= 11 is 3.40. The number of halogens is 1. The van der Waals surface area contributed by atoms with Gasteiger partial charge in [-0.3, -0.25) is 5.10 Å². The first kappa shape index (κ1) is 12.7. The van der Waals surface area contributed by atoms with E-state index < -0.39 is 10.0 Å². The van der Waals surface area contributed by atoms with Gasteiger partial charge in [0.1, 0.15) is 0 Å². The topological polar surface area (TPSA) is 74.8 Å². The van der Waals surface area contributed by atoms with Gasteiger partial charge in [-0.2, -0.15) is 5.10 Å². The van der Waals surface area contributed by atoms with Crippen LogP contribution in [0.25, 0.3) is 0 Å². The zero-order valence-corrected chi connectivity index (χ0v) is 10.8. The molecular weight excluding hydrogens is 282 g/mol. The monoisotopic (exact) mass is 295 g/mol. The minimum atomic E-state index is -3.43. The van der Waals surface area contributed by atoms with E-state index >= 15 is 0 Å². The predicted octanol–water partition coefficient (Wildman–Crippen LogP) is 1.25. The lowest BCUT2D eigenvalue weighted by molar-refractivity contribution is 0.574. The average molecular weight is 296 g/mol. The second-order valence-electron chi connectivity index (χ2n) is 3.16. The molecule has 1 aromatic heterocycles. The fourth-order valence-corrected chi connectivity index (χ4v) is 2.91. The molecule has 0 saturated heterocycles. The quantitative estimate of drug-likeness (QED) is 0.776. The van der Waals surface area contributed by atoms with Crippen molar-refractivity contribution in [3.05, 3.63) is 12.3 Å². The fourth-order valence-electron chi connectivity index (χ4n) is 1.09. The van der Waals surface area contributed by atoms with Gasteiger partial charge < -0.3 is 0 Å². The zero-order valence-electron chi connectivity index (χ0n) is 8.40. The lowest BCUT2D eigenvalue weighted by atomic mass is 10.2. The maximum absolute atomic E-state index is 11.6. The van der Waals surface area contributed by atoms with E-state index in [1.165, 1.54) is 12.3 Å². The number of hydrogen-bond acceptors (Lipinski definition) is 3. The van der Waals surface area contributed by atoms with Crippen LogP contribution < -0.4 is 4.72 Å². The van der Waals surface area contributed by atoms with Gasteiger partial charge in [0.2, 0.25) is 0 Å². The molecule has 0 aromatic carbocycles. The summed E-state index contributed by atoms with van der Waals surface area (Å²) in [5.41, 5.74) is 0. The van der Waals surface area contributed by atoms with E-state index in [-0.39, 0.29) is 9.85 Å². The molecule has 2 N–H and O–H groups in total. The Labute approximate surface area is 97.8 Å². The second-order valence-corrected chi connectivity index (χ2v) is 6.19. The van der Waals surface area contributed by atoms with Crippen LogP contribution >= 0.6 is 15.9 Å². The minimum absolute atomic E-state index is 0.0960. The number of sulfonamides is 1. The summed E-state index contributed by atoms with van der Waals surface area (Å²) in [5, 5.41) is 6.11. The van der Waals surface area contributed by atoms with E-state index in [1.807, 2.05) is 0 Å². The first-order valence-corrected chi connectivity index (χ1v) is 7.09. The molecule has 1 unspecified atom stereocenters. The highest BCUT2D eigenvalue weighted by atomic mass is 79.9. The summed E-state index contributed by atoms with van der Waals surface area (Å²) in [5.74, 6) is 0. The molecule has 0 bridgehead atoms. The molecule has 0 aliphatic carbocycles. The van der Waals surface area contributed by atoms with E-state index in [0.717, 1.165) is 12.8 Å². The molecule has 1 atom stereocenters. The molecule has 0 saturated carbocycles. The van der Waals surface area contributed by atoms with Crippen LogP contribution in [-0.2, 0) is 10.0 Å². The van der Waals surface area contributed by atoms with Gasteiger partial charge in [0.25, 0.3) is 10.0 Å². The van der Waals surface area contributed by atoms with Gasteiger partial charge in [-0.15, -0.1) is 0 Å². The van der Waals surface area contributed by atoms with Crippen LogP contribution in [0.2, 0.25) is 0 Å². The molecule has 5 nitrogen and oxygen atoms in total. The summed E-state index contributed by atoms with van der Waals surface area (Å²) < 4.78 is 25.7. The lowest BCUT2D eigenvalue weighted by Gasteiger charge is -2.09. The number of alkyl halides is 1. The standard InChI is InChI=1S/C8H14BrN3O2S/c1-2-3-7(9)6-11-15(13,14)8-4-5-10-12-8/h4-5,7,11H,2-3,6H2,1H3,(H,10,12). The van der Waals surface area contributed by atoms with Crippen LogP contribution in [0.3, 0.4) is 0 Å². The maximum atomic E-state index is 11.6. The maximum Gasteiger partial charge on any atom is 0.257 e.